The summed E-state index contributed by atoms with van der Waals surface area (Å²) in [4.78, 5) is 7.04. The quantitative estimate of drug-likeness (QED) is 0.713. The van der Waals surface area contributed by atoms with Gasteiger partial charge >= 0.3 is 0 Å². The molecule has 140 valence electrons. The number of nitrogens with zero attached hydrogens (tertiary/aromatic N) is 3. The van der Waals surface area contributed by atoms with E-state index >= 15 is 0 Å². The van der Waals surface area contributed by atoms with Crippen LogP contribution in [0.2, 0.25) is 0 Å². The summed E-state index contributed by atoms with van der Waals surface area (Å²) in [5, 5.41) is 1.22. The van der Waals surface area contributed by atoms with Crippen LogP contribution in [-0.4, -0.2) is 35.6 Å². The minimum absolute atomic E-state index is 0.165. The number of hydrogen-bond donors (Lipinski definition) is 0. The van der Waals surface area contributed by atoms with E-state index < -0.39 is 0 Å². The molecule has 1 aromatic carbocycles. The van der Waals surface area contributed by atoms with Crippen LogP contribution < -0.4 is 4.90 Å². The molecular formula is C22H25N3O2. The highest BCUT2D eigenvalue weighted by Crippen LogP contribution is 2.35. The average Bonchev–Trinajstić information content (AvgIpc) is 3.31. The summed E-state index contributed by atoms with van der Waals surface area (Å²) >= 11 is 0. The number of anilines is 1. The summed E-state index contributed by atoms with van der Waals surface area (Å²) in [5.41, 5.74) is 7.87. The van der Waals surface area contributed by atoms with Gasteiger partial charge in [-0.2, -0.15) is 0 Å². The van der Waals surface area contributed by atoms with Crippen LogP contribution in [0.1, 0.15) is 22.4 Å². The molecule has 5 nitrogen and oxygen atoms in total. The van der Waals surface area contributed by atoms with Crippen molar-refractivity contribution in [1.82, 2.24) is 9.55 Å². The maximum Gasteiger partial charge on any atom is 0.175 e. The molecule has 0 amide bonds. The lowest BCUT2D eigenvalue weighted by Gasteiger charge is -2.31. The molecule has 0 N–H and O–H groups in total. The van der Waals surface area contributed by atoms with E-state index in [2.05, 4.69) is 52.6 Å². The van der Waals surface area contributed by atoms with E-state index in [0.29, 0.717) is 13.2 Å². The van der Waals surface area contributed by atoms with Crippen LogP contribution in [0.15, 0.2) is 36.7 Å². The molecule has 1 saturated heterocycles. The van der Waals surface area contributed by atoms with Gasteiger partial charge in [0.2, 0.25) is 0 Å². The Morgan fingerprint density at radius 1 is 1.07 bits per heavy atom. The number of aromatic nitrogens is 2. The molecule has 2 aliphatic rings. The van der Waals surface area contributed by atoms with Crippen molar-refractivity contribution >= 4 is 16.6 Å². The van der Waals surface area contributed by atoms with E-state index in [1.54, 1.807) is 0 Å². The monoisotopic (exact) mass is 363 g/mol. The van der Waals surface area contributed by atoms with Crippen molar-refractivity contribution in [3.63, 3.8) is 0 Å². The molecule has 0 bridgehead atoms. The highest BCUT2D eigenvalue weighted by molar-refractivity contribution is 5.94. The summed E-state index contributed by atoms with van der Waals surface area (Å²) in [5.74, 6) is 0. The van der Waals surface area contributed by atoms with Gasteiger partial charge in [0.25, 0.3) is 0 Å². The summed E-state index contributed by atoms with van der Waals surface area (Å²) in [7, 11) is 0. The van der Waals surface area contributed by atoms with Crippen LogP contribution in [0, 0.1) is 13.8 Å². The number of rotatable bonds is 3. The fraction of sp³-hybridized carbons (Fsp3) is 0.409. The first kappa shape index (κ1) is 16.8. The molecule has 0 radical (unpaired) electrons. The zero-order valence-electron chi connectivity index (χ0n) is 15.9. The topological polar surface area (TPSA) is 39.5 Å². The maximum absolute atomic E-state index is 5.73. The highest BCUT2D eigenvalue weighted by Gasteiger charge is 2.24. The number of pyridine rings is 1. The van der Waals surface area contributed by atoms with E-state index in [-0.39, 0.29) is 6.29 Å². The standard InChI is InChI=1S/C22H25N3O2/c1-15-16(2)25(14-21-26-9-10-27-21)22-19(15)11-23-12-20(22)24-8-7-17-5-3-4-6-18(17)13-24/h3-6,11-12,21H,7-10,13-14H2,1-2H3. The SMILES string of the molecule is Cc1c(C)n(CC2OCCO2)c2c(N3CCc4ccccc4C3)cncc12. The lowest BCUT2D eigenvalue weighted by atomic mass is 9.99. The summed E-state index contributed by atoms with van der Waals surface area (Å²) < 4.78 is 13.8. The third-order valence-corrected chi connectivity index (χ3v) is 6.01. The van der Waals surface area contributed by atoms with E-state index in [1.165, 1.54) is 39.0 Å². The van der Waals surface area contributed by atoms with Crippen LogP contribution in [0.4, 0.5) is 5.69 Å². The van der Waals surface area contributed by atoms with Crippen molar-refractivity contribution in [2.24, 2.45) is 0 Å². The molecule has 5 heteroatoms. The lowest BCUT2D eigenvalue weighted by Crippen LogP contribution is -2.31. The zero-order chi connectivity index (χ0) is 18.4. The predicted octanol–water partition coefficient (Wildman–Crippen LogP) is 3.59. The number of benzene rings is 1. The van der Waals surface area contributed by atoms with Crippen molar-refractivity contribution in [3.8, 4) is 0 Å². The molecule has 0 saturated carbocycles. The second kappa shape index (κ2) is 6.66. The summed E-state index contributed by atoms with van der Waals surface area (Å²) in [6.07, 6.45) is 4.91. The molecule has 2 aromatic heterocycles. The third kappa shape index (κ3) is 2.82. The molecule has 0 aliphatic carbocycles. The highest BCUT2D eigenvalue weighted by atomic mass is 16.7. The molecule has 0 atom stereocenters. The van der Waals surface area contributed by atoms with Crippen LogP contribution in [0.3, 0.4) is 0 Å². The van der Waals surface area contributed by atoms with Gasteiger partial charge in [-0.1, -0.05) is 24.3 Å². The Labute approximate surface area is 159 Å². The molecule has 0 spiro atoms. The first-order chi connectivity index (χ1) is 13.2. The Hall–Kier alpha value is -2.37. The van der Waals surface area contributed by atoms with Crippen molar-refractivity contribution in [2.75, 3.05) is 24.7 Å². The minimum Gasteiger partial charge on any atom is -0.364 e. The average molecular weight is 363 g/mol. The van der Waals surface area contributed by atoms with Gasteiger partial charge in [0, 0.05) is 30.4 Å². The van der Waals surface area contributed by atoms with Crippen molar-refractivity contribution in [2.45, 2.75) is 39.6 Å². The molecular weight excluding hydrogens is 338 g/mol. The first-order valence-electron chi connectivity index (χ1n) is 9.70. The fourth-order valence-corrected chi connectivity index (χ4v) is 4.39. The summed E-state index contributed by atoms with van der Waals surface area (Å²) in [6, 6.07) is 8.76. The zero-order valence-corrected chi connectivity index (χ0v) is 15.9. The Bertz CT molecular complexity index is 989. The Morgan fingerprint density at radius 3 is 2.67 bits per heavy atom. The smallest absolute Gasteiger partial charge is 0.175 e. The summed E-state index contributed by atoms with van der Waals surface area (Å²) in [6.45, 7) is 8.38. The van der Waals surface area contributed by atoms with E-state index in [4.69, 9.17) is 9.47 Å². The van der Waals surface area contributed by atoms with Crippen LogP contribution in [-0.2, 0) is 29.0 Å². The largest absolute Gasteiger partial charge is 0.364 e. The predicted molar refractivity (Wildman–Crippen MR) is 106 cm³/mol. The molecule has 2 aliphatic heterocycles. The van der Waals surface area contributed by atoms with Gasteiger partial charge < -0.3 is 18.9 Å². The second-order valence-corrected chi connectivity index (χ2v) is 7.49. The van der Waals surface area contributed by atoms with E-state index in [9.17, 15) is 0 Å². The number of ether oxygens (including phenoxy) is 2. The van der Waals surface area contributed by atoms with Gasteiger partial charge in [-0.25, -0.2) is 0 Å². The lowest BCUT2D eigenvalue weighted by molar-refractivity contribution is -0.0520. The minimum atomic E-state index is -0.165. The molecule has 5 rings (SSSR count). The molecule has 27 heavy (non-hydrogen) atoms. The number of aryl methyl sites for hydroxylation is 1. The van der Waals surface area contributed by atoms with Gasteiger partial charge in [0.05, 0.1) is 37.2 Å². The molecule has 0 unspecified atom stereocenters. The van der Waals surface area contributed by atoms with Gasteiger partial charge in [0.15, 0.2) is 6.29 Å². The van der Waals surface area contributed by atoms with Crippen molar-refractivity contribution in [1.29, 1.82) is 0 Å². The normalized spacial score (nSPS) is 17.6. The van der Waals surface area contributed by atoms with Crippen LogP contribution >= 0.6 is 0 Å². The molecule has 1 fully saturated rings. The van der Waals surface area contributed by atoms with Crippen LogP contribution in [0.25, 0.3) is 10.9 Å². The van der Waals surface area contributed by atoms with E-state index in [0.717, 1.165) is 26.1 Å². The fourth-order valence-electron chi connectivity index (χ4n) is 4.39. The van der Waals surface area contributed by atoms with Gasteiger partial charge in [-0.3, -0.25) is 4.98 Å². The van der Waals surface area contributed by atoms with Crippen LogP contribution in [0.5, 0.6) is 0 Å². The number of fused-ring (bicyclic) bond motifs is 2. The van der Waals surface area contributed by atoms with E-state index in [1.807, 2.05) is 12.4 Å². The second-order valence-electron chi connectivity index (χ2n) is 7.49. The van der Waals surface area contributed by atoms with Gasteiger partial charge in [-0.05, 0) is 37.0 Å². The van der Waals surface area contributed by atoms with Gasteiger partial charge in [0.1, 0.15) is 0 Å². The Morgan fingerprint density at radius 2 is 1.85 bits per heavy atom. The van der Waals surface area contributed by atoms with Gasteiger partial charge in [-0.15, -0.1) is 0 Å². The third-order valence-electron chi connectivity index (χ3n) is 6.01. The van der Waals surface area contributed by atoms with Crippen molar-refractivity contribution < 1.29 is 9.47 Å². The number of hydrogen-bond acceptors (Lipinski definition) is 4. The molecule has 4 heterocycles. The first-order valence-corrected chi connectivity index (χ1v) is 9.70. The molecule has 3 aromatic rings. The maximum atomic E-state index is 5.73. The Kier molecular flexibility index (Phi) is 4.14. The Balaban J connectivity index is 1.59. The van der Waals surface area contributed by atoms with Crippen molar-refractivity contribution in [3.05, 3.63) is 59.0 Å².